The SMILES string of the molecule is CCOC(=O)c1c(NC(=O)COc2ccc(C(C)C)cc2)sc(C(=O)OC)c1C. The molecule has 0 fully saturated rings. The summed E-state index contributed by atoms with van der Waals surface area (Å²) in [4.78, 5) is 36.8. The molecule has 0 spiro atoms. The van der Waals surface area contributed by atoms with E-state index in [0.717, 1.165) is 11.3 Å². The molecule has 0 radical (unpaired) electrons. The van der Waals surface area contributed by atoms with Crippen LogP contribution in [0.3, 0.4) is 0 Å². The number of rotatable bonds is 8. The zero-order valence-corrected chi connectivity index (χ0v) is 18.0. The molecule has 1 aromatic carbocycles. The van der Waals surface area contributed by atoms with Crippen molar-refractivity contribution in [3.05, 3.63) is 45.8 Å². The van der Waals surface area contributed by atoms with Crippen LogP contribution in [0.2, 0.25) is 0 Å². The minimum absolute atomic E-state index is 0.145. The highest BCUT2D eigenvalue weighted by Crippen LogP contribution is 2.34. The summed E-state index contributed by atoms with van der Waals surface area (Å²) >= 11 is 0.965. The van der Waals surface area contributed by atoms with E-state index in [0.29, 0.717) is 17.2 Å². The van der Waals surface area contributed by atoms with Crippen molar-refractivity contribution in [2.24, 2.45) is 0 Å². The molecule has 7 nitrogen and oxygen atoms in total. The van der Waals surface area contributed by atoms with Gasteiger partial charge in [0.2, 0.25) is 0 Å². The summed E-state index contributed by atoms with van der Waals surface area (Å²) in [5.41, 5.74) is 1.72. The lowest BCUT2D eigenvalue weighted by molar-refractivity contribution is -0.118. The van der Waals surface area contributed by atoms with Gasteiger partial charge in [0.25, 0.3) is 5.91 Å². The third-order valence-electron chi connectivity index (χ3n) is 4.17. The molecule has 0 atom stereocenters. The van der Waals surface area contributed by atoms with Gasteiger partial charge in [0, 0.05) is 0 Å². The van der Waals surface area contributed by atoms with Gasteiger partial charge >= 0.3 is 11.9 Å². The van der Waals surface area contributed by atoms with Gasteiger partial charge < -0.3 is 19.5 Å². The van der Waals surface area contributed by atoms with E-state index >= 15 is 0 Å². The molecule has 0 unspecified atom stereocenters. The van der Waals surface area contributed by atoms with Crippen molar-refractivity contribution in [2.75, 3.05) is 25.6 Å². The lowest BCUT2D eigenvalue weighted by atomic mass is 10.0. The Bertz CT molecular complexity index is 885. The second-order valence-corrected chi connectivity index (χ2v) is 7.55. The van der Waals surface area contributed by atoms with Gasteiger partial charge in [0.1, 0.15) is 15.6 Å². The third-order valence-corrected chi connectivity index (χ3v) is 5.35. The van der Waals surface area contributed by atoms with Crippen molar-refractivity contribution < 1.29 is 28.6 Å². The minimum Gasteiger partial charge on any atom is -0.484 e. The third kappa shape index (κ3) is 5.57. The predicted molar refractivity (Wildman–Crippen MR) is 111 cm³/mol. The summed E-state index contributed by atoms with van der Waals surface area (Å²) in [7, 11) is 1.25. The first-order valence-electron chi connectivity index (χ1n) is 9.19. The normalized spacial score (nSPS) is 10.6. The number of nitrogens with one attached hydrogen (secondary N) is 1. The lowest BCUT2D eigenvalue weighted by Gasteiger charge is -2.10. The standard InChI is InChI=1S/C21H25NO6S/c1-6-27-20(24)17-13(4)18(21(25)26-5)29-19(17)22-16(23)11-28-15-9-7-14(8-10-15)12(2)3/h7-10,12H,6,11H2,1-5H3,(H,22,23). The quantitative estimate of drug-likeness (QED) is 0.646. The molecular formula is C21H25NO6S. The van der Waals surface area contributed by atoms with Crippen molar-refractivity contribution in [3.8, 4) is 5.75 Å². The molecule has 1 aromatic heterocycles. The average Bonchev–Trinajstić information content (AvgIpc) is 3.02. The molecule has 0 saturated heterocycles. The van der Waals surface area contributed by atoms with E-state index in [-0.39, 0.29) is 28.7 Å². The molecule has 2 aromatic rings. The number of benzene rings is 1. The highest BCUT2D eigenvalue weighted by Gasteiger charge is 2.27. The van der Waals surface area contributed by atoms with Crippen LogP contribution in [0.15, 0.2) is 24.3 Å². The van der Waals surface area contributed by atoms with Crippen LogP contribution in [0.4, 0.5) is 5.00 Å². The summed E-state index contributed by atoms with van der Waals surface area (Å²) in [6.07, 6.45) is 0. The molecule has 0 aliphatic heterocycles. The van der Waals surface area contributed by atoms with Crippen LogP contribution in [0.5, 0.6) is 5.75 Å². The topological polar surface area (TPSA) is 90.9 Å². The minimum atomic E-state index is -0.614. The Morgan fingerprint density at radius 1 is 1.10 bits per heavy atom. The maximum absolute atomic E-state index is 12.4. The number of carbonyl (C=O) groups excluding carboxylic acids is 3. The molecular weight excluding hydrogens is 394 g/mol. The van der Waals surface area contributed by atoms with Crippen LogP contribution in [-0.4, -0.2) is 38.2 Å². The van der Waals surface area contributed by atoms with Crippen LogP contribution in [0.1, 0.15) is 57.8 Å². The maximum Gasteiger partial charge on any atom is 0.348 e. The number of anilines is 1. The van der Waals surface area contributed by atoms with Crippen molar-refractivity contribution in [2.45, 2.75) is 33.6 Å². The Labute approximate surface area is 174 Å². The molecule has 1 heterocycles. The number of thiophene rings is 1. The first-order chi connectivity index (χ1) is 13.8. The van der Waals surface area contributed by atoms with Gasteiger partial charge in [-0.2, -0.15) is 0 Å². The first kappa shape index (κ1) is 22.4. The average molecular weight is 419 g/mol. The highest BCUT2D eigenvalue weighted by molar-refractivity contribution is 7.18. The summed E-state index contributed by atoms with van der Waals surface area (Å²) < 4.78 is 15.3. The number of ether oxygens (including phenoxy) is 3. The van der Waals surface area contributed by atoms with E-state index in [9.17, 15) is 14.4 Å². The fourth-order valence-corrected chi connectivity index (χ4v) is 3.73. The largest absolute Gasteiger partial charge is 0.484 e. The number of hydrogen-bond acceptors (Lipinski definition) is 7. The Balaban J connectivity index is 2.13. The second-order valence-electron chi connectivity index (χ2n) is 6.53. The van der Waals surface area contributed by atoms with Crippen molar-refractivity contribution in [1.82, 2.24) is 0 Å². The molecule has 0 bridgehead atoms. The van der Waals surface area contributed by atoms with Crippen molar-refractivity contribution >= 4 is 34.2 Å². The number of esters is 2. The van der Waals surface area contributed by atoms with Crippen molar-refractivity contribution in [3.63, 3.8) is 0 Å². The molecule has 2 rings (SSSR count). The predicted octanol–water partition coefficient (Wildman–Crippen LogP) is 4.16. The van der Waals surface area contributed by atoms with E-state index in [1.165, 1.54) is 12.7 Å². The Morgan fingerprint density at radius 3 is 2.31 bits per heavy atom. The van der Waals surface area contributed by atoms with E-state index in [4.69, 9.17) is 14.2 Å². The van der Waals surface area contributed by atoms with Crippen LogP contribution >= 0.6 is 11.3 Å². The van der Waals surface area contributed by atoms with Gasteiger partial charge in [-0.1, -0.05) is 26.0 Å². The highest BCUT2D eigenvalue weighted by atomic mass is 32.1. The number of methoxy groups -OCH3 is 1. The lowest BCUT2D eigenvalue weighted by Crippen LogP contribution is -2.21. The van der Waals surface area contributed by atoms with Gasteiger partial charge in [0.15, 0.2) is 6.61 Å². The van der Waals surface area contributed by atoms with Crippen LogP contribution in [-0.2, 0) is 14.3 Å². The zero-order chi connectivity index (χ0) is 21.6. The molecule has 0 aliphatic rings. The van der Waals surface area contributed by atoms with E-state index < -0.39 is 17.8 Å². The number of carbonyl (C=O) groups is 3. The summed E-state index contributed by atoms with van der Waals surface area (Å²) in [5.74, 6) is -0.689. The van der Waals surface area contributed by atoms with Crippen LogP contribution in [0, 0.1) is 6.92 Å². The molecule has 156 valence electrons. The smallest absolute Gasteiger partial charge is 0.348 e. The Morgan fingerprint density at radius 2 is 1.76 bits per heavy atom. The van der Waals surface area contributed by atoms with Gasteiger partial charge in [-0.05, 0) is 43.0 Å². The van der Waals surface area contributed by atoms with Crippen LogP contribution in [0.25, 0.3) is 0 Å². The summed E-state index contributed by atoms with van der Waals surface area (Å²) in [6.45, 7) is 7.40. The second kappa shape index (κ2) is 10.1. The van der Waals surface area contributed by atoms with Gasteiger partial charge in [-0.15, -0.1) is 11.3 Å². The van der Waals surface area contributed by atoms with Crippen LogP contribution < -0.4 is 10.1 Å². The summed E-state index contributed by atoms with van der Waals surface area (Å²) in [5, 5.41) is 2.86. The molecule has 1 N–H and O–H groups in total. The van der Waals surface area contributed by atoms with Crippen molar-refractivity contribution in [1.29, 1.82) is 0 Å². The molecule has 1 amide bonds. The molecule has 0 aliphatic carbocycles. The van der Waals surface area contributed by atoms with Gasteiger partial charge in [-0.25, -0.2) is 9.59 Å². The van der Waals surface area contributed by atoms with Gasteiger partial charge in [0.05, 0.1) is 19.3 Å². The molecule has 8 heteroatoms. The van der Waals surface area contributed by atoms with E-state index in [2.05, 4.69) is 19.2 Å². The first-order valence-corrected chi connectivity index (χ1v) is 10.0. The Hall–Kier alpha value is -2.87. The fourth-order valence-electron chi connectivity index (χ4n) is 2.60. The fraction of sp³-hybridized carbons (Fsp3) is 0.381. The molecule has 29 heavy (non-hydrogen) atoms. The zero-order valence-electron chi connectivity index (χ0n) is 17.2. The number of amides is 1. The molecule has 0 saturated carbocycles. The summed E-state index contributed by atoms with van der Waals surface area (Å²) in [6, 6.07) is 7.50. The van der Waals surface area contributed by atoms with E-state index in [1.807, 2.05) is 12.1 Å². The van der Waals surface area contributed by atoms with E-state index in [1.54, 1.807) is 26.0 Å². The number of hydrogen-bond donors (Lipinski definition) is 1. The van der Waals surface area contributed by atoms with Gasteiger partial charge in [-0.3, -0.25) is 4.79 Å². The Kier molecular flexibility index (Phi) is 7.78. The monoisotopic (exact) mass is 419 g/mol. The maximum atomic E-state index is 12.4.